The Morgan fingerprint density at radius 3 is 2.74 bits per heavy atom. The summed E-state index contributed by atoms with van der Waals surface area (Å²) < 4.78 is 0. The third kappa shape index (κ3) is 2.96. The van der Waals surface area contributed by atoms with Gasteiger partial charge in [-0.2, -0.15) is 0 Å². The van der Waals surface area contributed by atoms with E-state index in [9.17, 15) is 4.79 Å². The summed E-state index contributed by atoms with van der Waals surface area (Å²) >= 11 is 0. The number of hydrogen-bond donors (Lipinski definition) is 1. The molecule has 1 N–H and O–H groups in total. The van der Waals surface area contributed by atoms with Gasteiger partial charge in [-0.1, -0.05) is 32.1 Å². The second-order valence-corrected chi connectivity index (χ2v) is 6.90. The summed E-state index contributed by atoms with van der Waals surface area (Å²) in [6.07, 6.45) is 9.36. The summed E-state index contributed by atoms with van der Waals surface area (Å²) in [5, 5.41) is 3.24. The smallest absolute Gasteiger partial charge is 0.225 e. The molecule has 1 aliphatic heterocycles. The molecule has 1 amide bonds. The van der Waals surface area contributed by atoms with E-state index in [2.05, 4.69) is 10.2 Å². The van der Waals surface area contributed by atoms with Crippen LogP contribution in [-0.4, -0.2) is 37.5 Å². The number of likely N-dealkylation sites (tertiary alicyclic amines) is 1. The first kappa shape index (κ1) is 13.4. The van der Waals surface area contributed by atoms with Crippen molar-refractivity contribution >= 4 is 5.91 Å². The van der Waals surface area contributed by atoms with Gasteiger partial charge in [0.1, 0.15) is 0 Å². The van der Waals surface area contributed by atoms with E-state index >= 15 is 0 Å². The van der Waals surface area contributed by atoms with Gasteiger partial charge in [0.05, 0.1) is 0 Å². The van der Waals surface area contributed by atoms with Crippen LogP contribution in [0.2, 0.25) is 0 Å². The first-order valence-electron chi connectivity index (χ1n) is 8.23. The van der Waals surface area contributed by atoms with Gasteiger partial charge in [0.2, 0.25) is 5.91 Å². The zero-order valence-corrected chi connectivity index (χ0v) is 12.2. The van der Waals surface area contributed by atoms with Gasteiger partial charge in [-0.05, 0) is 44.2 Å². The van der Waals surface area contributed by atoms with E-state index in [0.717, 1.165) is 31.5 Å². The molecule has 2 saturated carbocycles. The van der Waals surface area contributed by atoms with Crippen molar-refractivity contribution in [3.8, 4) is 0 Å². The minimum atomic E-state index is 0.399. The zero-order chi connectivity index (χ0) is 13.2. The molecule has 1 heterocycles. The standard InChI is InChI=1S/C16H28N2O/c1-17-10-12-7-8-18(11-12)16(19)15-9-14(15)13-5-3-2-4-6-13/h12-15,17H,2-11H2,1H3/t12-,14+,15-/m0/s1. The molecule has 0 spiro atoms. The van der Waals surface area contributed by atoms with E-state index in [0.29, 0.717) is 17.7 Å². The van der Waals surface area contributed by atoms with Gasteiger partial charge in [-0.3, -0.25) is 4.79 Å². The van der Waals surface area contributed by atoms with Crippen LogP contribution in [0.1, 0.15) is 44.9 Å². The molecule has 3 rings (SSSR count). The van der Waals surface area contributed by atoms with Crippen molar-refractivity contribution in [3.05, 3.63) is 0 Å². The first-order valence-corrected chi connectivity index (χ1v) is 8.23. The molecule has 0 radical (unpaired) electrons. The van der Waals surface area contributed by atoms with Gasteiger partial charge in [0.15, 0.2) is 0 Å². The maximum absolute atomic E-state index is 12.5. The van der Waals surface area contributed by atoms with Gasteiger partial charge >= 0.3 is 0 Å². The van der Waals surface area contributed by atoms with Gasteiger partial charge in [-0.25, -0.2) is 0 Å². The summed E-state index contributed by atoms with van der Waals surface area (Å²) in [5.41, 5.74) is 0. The van der Waals surface area contributed by atoms with Crippen LogP contribution in [0.3, 0.4) is 0 Å². The quantitative estimate of drug-likeness (QED) is 0.845. The Labute approximate surface area is 117 Å². The van der Waals surface area contributed by atoms with E-state index in [1.807, 2.05) is 7.05 Å². The van der Waals surface area contributed by atoms with Crippen molar-refractivity contribution in [1.82, 2.24) is 10.2 Å². The lowest BCUT2D eigenvalue weighted by molar-refractivity contribution is -0.132. The molecule has 108 valence electrons. The predicted octanol–water partition coefficient (Wildman–Crippen LogP) is 2.27. The minimum absolute atomic E-state index is 0.399. The van der Waals surface area contributed by atoms with Gasteiger partial charge in [0, 0.05) is 19.0 Å². The fraction of sp³-hybridized carbons (Fsp3) is 0.938. The Morgan fingerprint density at radius 1 is 1.21 bits per heavy atom. The van der Waals surface area contributed by atoms with Crippen LogP contribution in [0.5, 0.6) is 0 Å². The largest absolute Gasteiger partial charge is 0.342 e. The second-order valence-electron chi connectivity index (χ2n) is 6.90. The molecule has 0 aromatic rings. The summed E-state index contributed by atoms with van der Waals surface area (Å²) in [5.74, 6) is 3.18. The van der Waals surface area contributed by atoms with Crippen LogP contribution < -0.4 is 5.32 Å². The third-order valence-corrected chi connectivity index (χ3v) is 5.50. The number of nitrogens with one attached hydrogen (secondary N) is 1. The number of carbonyl (C=O) groups excluding carboxylic acids is 1. The summed E-state index contributed by atoms with van der Waals surface area (Å²) in [7, 11) is 2.00. The number of hydrogen-bond acceptors (Lipinski definition) is 2. The molecule has 1 saturated heterocycles. The predicted molar refractivity (Wildman–Crippen MR) is 76.8 cm³/mol. The molecule has 0 aromatic carbocycles. The molecule has 2 aliphatic carbocycles. The van der Waals surface area contributed by atoms with E-state index in [-0.39, 0.29) is 0 Å². The monoisotopic (exact) mass is 264 g/mol. The molecule has 0 bridgehead atoms. The van der Waals surface area contributed by atoms with Gasteiger partial charge in [0.25, 0.3) is 0 Å². The Bertz CT molecular complexity index is 325. The highest BCUT2D eigenvalue weighted by Crippen LogP contribution is 2.50. The number of rotatable bonds is 4. The summed E-state index contributed by atoms with van der Waals surface area (Å²) in [6.45, 7) is 3.05. The van der Waals surface area contributed by atoms with Gasteiger partial charge in [-0.15, -0.1) is 0 Å². The second kappa shape index (κ2) is 5.82. The highest BCUT2D eigenvalue weighted by atomic mass is 16.2. The molecule has 0 aromatic heterocycles. The fourth-order valence-corrected chi connectivity index (χ4v) is 4.30. The lowest BCUT2D eigenvalue weighted by Gasteiger charge is -2.22. The third-order valence-electron chi connectivity index (χ3n) is 5.50. The maximum atomic E-state index is 12.5. The Morgan fingerprint density at radius 2 is 2.00 bits per heavy atom. The van der Waals surface area contributed by atoms with E-state index in [1.165, 1.54) is 44.9 Å². The fourth-order valence-electron chi connectivity index (χ4n) is 4.30. The summed E-state index contributed by atoms with van der Waals surface area (Å²) in [4.78, 5) is 14.7. The van der Waals surface area contributed by atoms with Gasteiger partial charge < -0.3 is 10.2 Å². The molecular formula is C16H28N2O. The summed E-state index contributed by atoms with van der Waals surface area (Å²) in [6, 6.07) is 0. The van der Waals surface area contributed by atoms with Crippen molar-refractivity contribution in [2.75, 3.05) is 26.7 Å². The normalized spacial score (nSPS) is 35.6. The highest BCUT2D eigenvalue weighted by Gasteiger charge is 2.49. The van der Waals surface area contributed by atoms with Crippen molar-refractivity contribution in [2.45, 2.75) is 44.9 Å². The van der Waals surface area contributed by atoms with Crippen LogP contribution in [0, 0.1) is 23.7 Å². The molecule has 3 atom stereocenters. The van der Waals surface area contributed by atoms with Crippen molar-refractivity contribution in [2.24, 2.45) is 23.7 Å². The van der Waals surface area contributed by atoms with Crippen molar-refractivity contribution < 1.29 is 4.79 Å². The average molecular weight is 264 g/mol. The Balaban J connectivity index is 1.47. The van der Waals surface area contributed by atoms with E-state index in [4.69, 9.17) is 0 Å². The number of carbonyl (C=O) groups is 1. The zero-order valence-electron chi connectivity index (χ0n) is 12.2. The van der Waals surface area contributed by atoms with Crippen molar-refractivity contribution in [3.63, 3.8) is 0 Å². The van der Waals surface area contributed by atoms with E-state index in [1.54, 1.807) is 0 Å². The first-order chi connectivity index (χ1) is 9.29. The molecular weight excluding hydrogens is 236 g/mol. The molecule has 3 nitrogen and oxygen atoms in total. The van der Waals surface area contributed by atoms with Crippen LogP contribution in [0.15, 0.2) is 0 Å². The molecule has 3 heteroatoms. The van der Waals surface area contributed by atoms with Crippen LogP contribution >= 0.6 is 0 Å². The SMILES string of the molecule is CNC[C@@H]1CCN(C(=O)[C@H]2C[C@@H]2C2CCCCC2)C1. The maximum Gasteiger partial charge on any atom is 0.225 e. The minimum Gasteiger partial charge on any atom is -0.342 e. The van der Waals surface area contributed by atoms with Crippen LogP contribution in [-0.2, 0) is 4.79 Å². The Hall–Kier alpha value is -0.570. The lowest BCUT2D eigenvalue weighted by Crippen LogP contribution is -2.32. The average Bonchev–Trinajstić information content (AvgIpc) is 3.12. The molecule has 3 fully saturated rings. The molecule has 19 heavy (non-hydrogen) atoms. The van der Waals surface area contributed by atoms with Crippen LogP contribution in [0.25, 0.3) is 0 Å². The topological polar surface area (TPSA) is 32.3 Å². The van der Waals surface area contributed by atoms with Crippen molar-refractivity contribution in [1.29, 1.82) is 0 Å². The Kier molecular flexibility index (Phi) is 4.11. The lowest BCUT2D eigenvalue weighted by atomic mass is 9.85. The van der Waals surface area contributed by atoms with E-state index < -0.39 is 0 Å². The molecule has 0 unspecified atom stereocenters. The highest BCUT2D eigenvalue weighted by molar-refractivity contribution is 5.82. The number of amides is 1. The molecule has 3 aliphatic rings. The van der Waals surface area contributed by atoms with Crippen LogP contribution in [0.4, 0.5) is 0 Å². The number of nitrogens with zero attached hydrogens (tertiary/aromatic N) is 1.